The first-order valence-corrected chi connectivity index (χ1v) is 8.89. The fourth-order valence-corrected chi connectivity index (χ4v) is 4.54. The van der Waals surface area contributed by atoms with Crippen LogP contribution in [-0.2, 0) is 16.0 Å². The van der Waals surface area contributed by atoms with Gasteiger partial charge in [-0.25, -0.2) is 9.37 Å². The van der Waals surface area contributed by atoms with Crippen LogP contribution >= 0.6 is 0 Å². The highest BCUT2D eigenvalue weighted by Gasteiger charge is 2.58. The van der Waals surface area contributed by atoms with Gasteiger partial charge in [-0.3, -0.25) is 0 Å². The smallest absolute Gasteiger partial charge is 0.165 e. The topological polar surface area (TPSA) is 46.6 Å². The first-order valence-electron chi connectivity index (χ1n) is 8.89. The van der Waals surface area contributed by atoms with Crippen LogP contribution in [0.15, 0.2) is 12.3 Å². The van der Waals surface area contributed by atoms with E-state index in [4.69, 9.17) is 9.47 Å². The molecule has 1 aromatic heterocycles. The van der Waals surface area contributed by atoms with Gasteiger partial charge in [-0.15, -0.1) is 0 Å². The summed E-state index contributed by atoms with van der Waals surface area (Å²) < 4.78 is 25.6. The van der Waals surface area contributed by atoms with Crippen molar-refractivity contribution in [3.8, 4) is 0 Å². The molecule has 5 nitrogen and oxygen atoms in total. The molecule has 3 heterocycles. The van der Waals surface area contributed by atoms with Crippen molar-refractivity contribution in [3.05, 3.63) is 23.6 Å². The largest absolute Gasteiger partial charge is 0.378 e. The van der Waals surface area contributed by atoms with Crippen LogP contribution in [0.5, 0.6) is 0 Å². The second-order valence-corrected chi connectivity index (χ2v) is 7.67. The van der Waals surface area contributed by atoms with Crippen LogP contribution in [0.4, 0.5) is 10.2 Å². The van der Waals surface area contributed by atoms with E-state index in [0.717, 1.165) is 18.6 Å². The Morgan fingerprint density at radius 3 is 2.88 bits per heavy atom. The highest BCUT2D eigenvalue weighted by molar-refractivity contribution is 5.41. The van der Waals surface area contributed by atoms with E-state index in [-0.39, 0.29) is 11.2 Å². The van der Waals surface area contributed by atoms with Gasteiger partial charge in [0.1, 0.15) is 0 Å². The van der Waals surface area contributed by atoms with E-state index in [2.05, 4.69) is 24.1 Å². The number of hydrogen-bond donors (Lipinski definition) is 1. The number of fused-ring (bicyclic) bond motifs is 1. The second-order valence-electron chi connectivity index (χ2n) is 7.67. The lowest BCUT2D eigenvalue weighted by Crippen LogP contribution is -2.65. The second kappa shape index (κ2) is 6.24. The molecular formula is C18H26FN3O2. The molecule has 2 aliphatic heterocycles. The Hall–Kier alpha value is -1.24. The Bertz CT molecular complexity index is 604. The fourth-order valence-electron chi connectivity index (χ4n) is 4.54. The summed E-state index contributed by atoms with van der Waals surface area (Å²) in [5.41, 5.74) is 1.03. The molecule has 0 amide bonds. The molecule has 1 unspecified atom stereocenters. The van der Waals surface area contributed by atoms with Crippen LogP contribution in [-0.4, -0.2) is 50.0 Å². The highest BCUT2D eigenvalue weighted by Crippen LogP contribution is 2.52. The summed E-state index contributed by atoms with van der Waals surface area (Å²) in [5, 5.41) is 3.60. The molecule has 1 N–H and O–H groups in total. The number of hydrogen-bond acceptors (Lipinski definition) is 5. The summed E-state index contributed by atoms with van der Waals surface area (Å²) in [7, 11) is 0. The Morgan fingerprint density at radius 1 is 1.33 bits per heavy atom. The van der Waals surface area contributed by atoms with E-state index in [1.165, 1.54) is 0 Å². The normalized spacial score (nSPS) is 31.6. The predicted octanol–water partition coefficient (Wildman–Crippen LogP) is 1.96. The van der Waals surface area contributed by atoms with E-state index in [9.17, 15) is 4.39 Å². The fraction of sp³-hybridized carbons (Fsp3) is 0.722. The van der Waals surface area contributed by atoms with Crippen LogP contribution in [0.2, 0.25) is 0 Å². The van der Waals surface area contributed by atoms with Crippen LogP contribution in [0, 0.1) is 17.2 Å². The average Bonchev–Trinajstić information content (AvgIpc) is 3.03. The van der Waals surface area contributed by atoms with E-state index in [1.54, 1.807) is 12.3 Å². The van der Waals surface area contributed by atoms with Crippen LogP contribution in [0.25, 0.3) is 0 Å². The van der Waals surface area contributed by atoms with E-state index in [0.29, 0.717) is 56.7 Å². The van der Waals surface area contributed by atoms with Crippen LogP contribution < -0.4 is 10.2 Å². The van der Waals surface area contributed by atoms with Gasteiger partial charge in [-0.2, -0.15) is 0 Å². The van der Waals surface area contributed by atoms with Gasteiger partial charge in [0.2, 0.25) is 0 Å². The minimum absolute atomic E-state index is 0.140. The maximum atomic E-state index is 14.4. The number of aromatic nitrogens is 1. The molecule has 0 spiro atoms. The summed E-state index contributed by atoms with van der Waals surface area (Å²) in [6, 6.07) is 2.03. The number of anilines is 1. The monoisotopic (exact) mass is 335 g/mol. The molecule has 1 aliphatic carbocycles. The molecule has 24 heavy (non-hydrogen) atoms. The third-order valence-electron chi connectivity index (χ3n) is 5.82. The van der Waals surface area contributed by atoms with Gasteiger partial charge in [0.05, 0.1) is 19.3 Å². The zero-order valence-electron chi connectivity index (χ0n) is 14.4. The molecule has 0 radical (unpaired) electrons. The third kappa shape index (κ3) is 2.70. The first kappa shape index (κ1) is 16.2. The molecule has 6 heteroatoms. The highest BCUT2D eigenvalue weighted by atomic mass is 19.1. The zero-order valence-corrected chi connectivity index (χ0v) is 14.4. The van der Waals surface area contributed by atoms with Gasteiger partial charge in [-0.1, -0.05) is 13.8 Å². The Balaban J connectivity index is 1.39. The van der Waals surface area contributed by atoms with E-state index < -0.39 is 0 Å². The summed E-state index contributed by atoms with van der Waals surface area (Å²) in [4.78, 5) is 6.31. The molecule has 4 rings (SSSR count). The number of morpholine rings is 1. The number of rotatable bonds is 4. The van der Waals surface area contributed by atoms with Crippen LogP contribution in [0.1, 0.15) is 25.8 Å². The van der Waals surface area contributed by atoms with Crippen molar-refractivity contribution in [2.45, 2.75) is 39.0 Å². The number of ether oxygens (including phenoxy) is 2. The van der Waals surface area contributed by atoms with Crippen molar-refractivity contribution >= 4 is 5.82 Å². The first-order chi connectivity index (χ1) is 11.6. The number of nitrogens with zero attached hydrogens (tertiary/aromatic N) is 2. The van der Waals surface area contributed by atoms with Crippen molar-refractivity contribution in [2.24, 2.45) is 11.3 Å². The van der Waals surface area contributed by atoms with E-state index >= 15 is 0 Å². The van der Waals surface area contributed by atoms with Gasteiger partial charge < -0.3 is 19.7 Å². The molecule has 2 saturated heterocycles. The molecule has 3 atom stereocenters. The Morgan fingerprint density at radius 2 is 2.12 bits per heavy atom. The number of halogens is 1. The van der Waals surface area contributed by atoms with Gasteiger partial charge in [0.15, 0.2) is 11.6 Å². The summed E-state index contributed by atoms with van der Waals surface area (Å²) >= 11 is 0. The van der Waals surface area contributed by atoms with Crippen LogP contribution in [0.3, 0.4) is 0 Å². The standard InChI is InChI=1S/C18H26FN3O2/c1-18(2)15(13-3-6-24-16(13)18)20-10-12-9-14(19)17(21-11-12)22-4-7-23-8-5-22/h9,11,13,15-16,20H,3-8,10H2,1-2H3/t13-,15?,16-/m0/s1. The molecule has 3 aliphatic rings. The number of pyridine rings is 1. The maximum absolute atomic E-state index is 14.4. The molecule has 132 valence electrons. The zero-order chi connectivity index (χ0) is 16.7. The summed E-state index contributed by atoms with van der Waals surface area (Å²) in [6.45, 7) is 8.65. The van der Waals surface area contributed by atoms with Gasteiger partial charge in [0.25, 0.3) is 0 Å². The minimum atomic E-state index is -0.244. The number of nitrogens with one attached hydrogen (secondary N) is 1. The lowest BCUT2D eigenvalue weighted by atomic mass is 9.57. The van der Waals surface area contributed by atoms with E-state index in [1.807, 2.05) is 4.90 Å². The lowest BCUT2D eigenvalue weighted by Gasteiger charge is -2.55. The Labute approximate surface area is 142 Å². The minimum Gasteiger partial charge on any atom is -0.378 e. The predicted molar refractivity (Wildman–Crippen MR) is 89.5 cm³/mol. The molecule has 1 saturated carbocycles. The quantitative estimate of drug-likeness (QED) is 0.911. The van der Waals surface area contributed by atoms with Gasteiger partial charge in [-0.05, 0) is 18.1 Å². The average molecular weight is 335 g/mol. The van der Waals surface area contributed by atoms with Crippen molar-refractivity contribution in [1.29, 1.82) is 0 Å². The molecule has 3 fully saturated rings. The Kier molecular flexibility index (Phi) is 4.22. The van der Waals surface area contributed by atoms with Crippen molar-refractivity contribution in [2.75, 3.05) is 37.8 Å². The molecule has 0 bridgehead atoms. The van der Waals surface area contributed by atoms with Crippen molar-refractivity contribution in [3.63, 3.8) is 0 Å². The van der Waals surface area contributed by atoms with Gasteiger partial charge in [0, 0.05) is 49.8 Å². The summed E-state index contributed by atoms with van der Waals surface area (Å²) in [5.74, 6) is 0.784. The maximum Gasteiger partial charge on any atom is 0.165 e. The van der Waals surface area contributed by atoms with Gasteiger partial charge >= 0.3 is 0 Å². The molecule has 1 aromatic rings. The third-order valence-corrected chi connectivity index (χ3v) is 5.82. The SMILES string of the molecule is CC1(C)C(NCc2cnc(N3CCOCC3)c(F)c2)[C@@H]2CCO[C@@H]21. The molecule has 0 aromatic carbocycles. The lowest BCUT2D eigenvalue weighted by molar-refractivity contribution is -0.113. The van der Waals surface area contributed by atoms with Crippen molar-refractivity contribution < 1.29 is 13.9 Å². The van der Waals surface area contributed by atoms with Crippen molar-refractivity contribution in [1.82, 2.24) is 10.3 Å². The molecular weight excluding hydrogens is 309 g/mol. The summed E-state index contributed by atoms with van der Waals surface area (Å²) in [6.07, 6.45) is 3.28.